The van der Waals surface area contributed by atoms with Crippen LogP contribution in [-0.4, -0.2) is 34.7 Å². The Morgan fingerprint density at radius 1 is 0.933 bits per heavy atom. The fraction of sp³-hybridized carbons (Fsp3) is 0.542. The summed E-state index contributed by atoms with van der Waals surface area (Å²) >= 11 is 0. The maximum absolute atomic E-state index is 13.1. The van der Waals surface area contributed by atoms with Gasteiger partial charge in [0.05, 0.1) is 13.0 Å². The van der Waals surface area contributed by atoms with Crippen molar-refractivity contribution in [3.8, 4) is 11.5 Å². The van der Waals surface area contributed by atoms with E-state index < -0.39 is 22.7 Å². The molecule has 6 nitrogen and oxygen atoms in total. The fourth-order valence-corrected chi connectivity index (χ4v) is 4.86. The second kappa shape index (κ2) is 7.56. The van der Waals surface area contributed by atoms with Crippen molar-refractivity contribution in [3.05, 3.63) is 35.1 Å². The zero-order valence-electron chi connectivity index (χ0n) is 18.2. The van der Waals surface area contributed by atoms with Crippen molar-refractivity contribution in [2.75, 3.05) is 7.11 Å². The van der Waals surface area contributed by atoms with E-state index in [-0.39, 0.29) is 65.9 Å². The van der Waals surface area contributed by atoms with Crippen LogP contribution in [0.3, 0.4) is 0 Å². The zero-order valence-corrected chi connectivity index (χ0v) is 18.2. The van der Waals surface area contributed by atoms with Gasteiger partial charge >= 0.3 is 0 Å². The highest BCUT2D eigenvalue weighted by Crippen LogP contribution is 2.48. The molecule has 2 aliphatic carbocycles. The van der Waals surface area contributed by atoms with E-state index in [4.69, 9.17) is 4.74 Å². The Bertz CT molecular complexity index is 917. The number of benzene rings is 1. The van der Waals surface area contributed by atoms with Crippen molar-refractivity contribution in [1.82, 2.24) is 0 Å². The van der Waals surface area contributed by atoms with E-state index in [0.29, 0.717) is 5.56 Å². The molecule has 2 N–H and O–H groups in total. The minimum atomic E-state index is -1.06. The van der Waals surface area contributed by atoms with E-state index in [2.05, 4.69) is 0 Å². The lowest BCUT2D eigenvalue weighted by atomic mass is 9.62. The van der Waals surface area contributed by atoms with Gasteiger partial charge in [0, 0.05) is 37.2 Å². The molecule has 30 heavy (non-hydrogen) atoms. The number of carbonyl (C=O) groups excluding carboxylic acids is 3. The van der Waals surface area contributed by atoms with Crippen LogP contribution in [0.25, 0.3) is 0 Å². The summed E-state index contributed by atoms with van der Waals surface area (Å²) in [7, 11) is 1.42. The highest BCUT2D eigenvalue weighted by molar-refractivity contribution is 6.09. The molecule has 0 bridgehead atoms. The summed E-state index contributed by atoms with van der Waals surface area (Å²) in [6.45, 7) is 7.54. The van der Waals surface area contributed by atoms with E-state index in [9.17, 15) is 24.6 Å². The first kappa shape index (κ1) is 22.1. The first-order valence-corrected chi connectivity index (χ1v) is 10.2. The number of ketones is 3. The molecule has 1 atom stereocenters. The number of Topliss-reactive ketones (excluding diaryl/α,β-unsaturated/α-hetero) is 3. The van der Waals surface area contributed by atoms with Crippen LogP contribution in [0.5, 0.6) is 11.5 Å². The van der Waals surface area contributed by atoms with Gasteiger partial charge in [0.15, 0.2) is 17.3 Å². The molecule has 1 saturated carbocycles. The minimum Gasteiger partial charge on any atom is -0.512 e. The summed E-state index contributed by atoms with van der Waals surface area (Å²) in [5.74, 6) is -2.73. The second-order valence-corrected chi connectivity index (χ2v) is 10.1. The first-order valence-electron chi connectivity index (χ1n) is 10.2. The van der Waals surface area contributed by atoms with Crippen molar-refractivity contribution >= 4 is 17.3 Å². The lowest BCUT2D eigenvalue weighted by molar-refractivity contribution is -0.140. The smallest absolute Gasteiger partial charge is 0.163 e. The van der Waals surface area contributed by atoms with E-state index in [1.165, 1.54) is 19.2 Å². The molecule has 0 heterocycles. The lowest BCUT2D eigenvalue weighted by Gasteiger charge is -2.39. The van der Waals surface area contributed by atoms with Crippen LogP contribution in [0.2, 0.25) is 0 Å². The molecule has 0 saturated heterocycles. The number of methoxy groups -OCH3 is 1. The minimum absolute atomic E-state index is 0.0815. The van der Waals surface area contributed by atoms with E-state index in [1.807, 2.05) is 27.7 Å². The van der Waals surface area contributed by atoms with Crippen LogP contribution in [0.1, 0.15) is 64.9 Å². The zero-order chi connectivity index (χ0) is 22.4. The molecule has 1 fully saturated rings. The molecule has 0 aromatic heterocycles. The van der Waals surface area contributed by atoms with Gasteiger partial charge in [-0.2, -0.15) is 0 Å². The van der Waals surface area contributed by atoms with Crippen molar-refractivity contribution < 1.29 is 29.3 Å². The van der Waals surface area contributed by atoms with Crippen molar-refractivity contribution in [2.24, 2.45) is 16.7 Å². The fourth-order valence-electron chi connectivity index (χ4n) is 4.86. The van der Waals surface area contributed by atoms with Crippen LogP contribution in [0.15, 0.2) is 29.5 Å². The normalized spacial score (nSPS) is 22.9. The summed E-state index contributed by atoms with van der Waals surface area (Å²) < 4.78 is 5.10. The van der Waals surface area contributed by atoms with Gasteiger partial charge < -0.3 is 14.9 Å². The van der Waals surface area contributed by atoms with Gasteiger partial charge in [-0.1, -0.05) is 33.8 Å². The monoisotopic (exact) mass is 414 g/mol. The van der Waals surface area contributed by atoms with Gasteiger partial charge in [0.1, 0.15) is 17.3 Å². The molecule has 0 aliphatic heterocycles. The van der Waals surface area contributed by atoms with Crippen LogP contribution >= 0.6 is 0 Å². The van der Waals surface area contributed by atoms with Crippen molar-refractivity contribution in [3.63, 3.8) is 0 Å². The van der Waals surface area contributed by atoms with E-state index >= 15 is 0 Å². The summed E-state index contributed by atoms with van der Waals surface area (Å²) in [5, 5.41) is 21.1. The third-order valence-electron chi connectivity index (χ3n) is 6.10. The Morgan fingerprint density at radius 2 is 1.50 bits per heavy atom. The largest absolute Gasteiger partial charge is 0.512 e. The summed E-state index contributed by atoms with van der Waals surface area (Å²) in [6, 6.07) is 4.59. The summed E-state index contributed by atoms with van der Waals surface area (Å²) in [4.78, 5) is 39.3. The number of carbonyl (C=O) groups is 3. The molecule has 0 radical (unpaired) electrons. The third-order valence-corrected chi connectivity index (χ3v) is 6.10. The molecule has 6 heteroatoms. The van der Waals surface area contributed by atoms with Gasteiger partial charge in [-0.05, 0) is 28.5 Å². The van der Waals surface area contributed by atoms with Gasteiger partial charge in [-0.3, -0.25) is 14.4 Å². The molecular formula is C24H30O6. The number of phenols is 1. The quantitative estimate of drug-likeness (QED) is 0.714. The number of hydrogen-bond donors (Lipinski definition) is 2. The number of rotatable bonds is 4. The molecule has 1 aromatic carbocycles. The average Bonchev–Trinajstić information content (AvgIpc) is 2.57. The highest BCUT2D eigenvalue weighted by atomic mass is 16.5. The predicted molar refractivity (Wildman–Crippen MR) is 112 cm³/mol. The Labute approximate surface area is 176 Å². The molecule has 0 amide bonds. The summed E-state index contributed by atoms with van der Waals surface area (Å²) in [6.07, 6.45) is 0.935. The number of allylic oxidation sites excluding steroid dienone is 2. The van der Waals surface area contributed by atoms with E-state index in [0.717, 1.165) is 0 Å². The van der Waals surface area contributed by atoms with Gasteiger partial charge in [-0.15, -0.1) is 0 Å². The second-order valence-electron chi connectivity index (χ2n) is 10.1. The van der Waals surface area contributed by atoms with E-state index in [1.54, 1.807) is 6.07 Å². The van der Waals surface area contributed by atoms with Crippen molar-refractivity contribution in [1.29, 1.82) is 0 Å². The SMILES string of the molecule is COc1ccc(C(C2=C(O)CC(C)(C)CC2=O)C2C(=O)CC(C)(C)CC2=O)cc1O. The average molecular weight is 414 g/mol. The Kier molecular flexibility index (Phi) is 5.56. The number of ether oxygens (including phenoxy) is 1. The Balaban J connectivity index is 2.18. The number of aromatic hydroxyl groups is 1. The first-order chi connectivity index (χ1) is 13.8. The van der Waals surface area contributed by atoms with Crippen LogP contribution in [0, 0.1) is 16.7 Å². The maximum atomic E-state index is 13.1. The molecule has 162 valence electrons. The van der Waals surface area contributed by atoms with Crippen LogP contribution in [-0.2, 0) is 14.4 Å². The molecule has 2 aliphatic rings. The predicted octanol–water partition coefficient (Wildman–Crippen LogP) is 4.26. The van der Waals surface area contributed by atoms with Gasteiger partial charge in [0.2, 0.25) is 0 Å². The Morgan fingerprint density at radius 3 is 2.00 bits per heavy atom. The van der Waals surface area contributed by atoms with Crippen LogP contribution in [0.4, 0.5) is 0 Å². The van der Waals surface area contributed by atoms with Crippen molar-refractivity contribution in [2.45, 2.75) is 59.3 Å². The number of hydrogen-bond acceptors (Lipinski definition) is 6. The topological polar surface area (TPSA) is 101 Å². The maximum Gasteiger partial charge on any atom is 0.163 e. The van der Waals surface area contributed by atoms with Gasteiger partial charge in [-0.25, -0.2) is 0 Å². The molecule has 3 rings (SSSR count). The molecular weight excluding hydrogens is 384 g/mol. The molecule has 1 unspecified atom stereocenters. The standard InChI is InChI=1S/C24H30O6/c1-23(2)9-15(26)21(16(27)10-23)20(13-6-7-19(30-5)14(25)8-13)22-17(28)11-24(3,4)12-18(22)29/h6-8,20-21,25,28H,9-12H2,1-5H3. The lowest BCUT2D eigenvalue weighted by Crippen LogP contribution is -2.43. The number of phenolic OH excluding ortho intramolecular Hbond substituents is 1. The molecule has 0 spiro atoms. The Hall–Kier alpha value is -2.63. The number of aliphatic hydroxyl groups excluding tert-OH is 1. The third kappa shape index (κ3) is 4.13. The van der Waals surface area contributed by atoms with Crippen LogP contribution < -0.4 is 4.74 Å². The summed E-state index contributed by atoms with van der Waals surface area (Å²) in [5.41, 5.74) is -0.286. The highest BCUT2D eigenvalue weighted by Gasteiger charge is 2.48. The molecule has 1 aromatic rings. The van der Waals surface area contributed by atoms with Gasteiger partial charge in [0.25, 0.3) is 0 Å². The number of aliphatic hydroxyl groups is 1.